The molecule has 1 aromatic heterocycles. The first-order chi connectivity index (χ1) is 9.03. The number of aliphatic hydroxyl groups excluding tert-OH is 3. The van der Waals surface area contributed by atoms with Gasteiger partial charge in [0.1, 0.15) is 23.5 Å². The average molecular weight is 270 g/mol. The molecular formula is C12H22N4O3. The molecule has 19 heavy (non-hydrogen) atoms. The van der Waals surface area contributed by atoms with Crippen molar-refractivity contribution in [1.29, 1.82) is 0 Å². The van der Waals surface area contributed by atoms with E-state index in [-0.39, 0.29) is 5.92 Å². The Labute approximate surface area is 112 Å². The fourth-order valence-electron chi connectivity index (χ4n) is 1.76. The molecule has 0 amide bonds. The highest BCUT2D eigenvalue weighted by atomic mass is 16.3. The molecule has 7 heteroatoms. The Balaban J connectivity index is 3.20. The van der Waals surface area contributed by atoms with Gasteiger partial charge in [0.2, 0.25) is 0 Å². The van der Waals surface area contributed by atoms with Gasteiger partial charge in [-0.15, -0.1) is 0 Å². The topological polar surface area (TPSA) is 111 Å². The van der Waals surface area contributed by atoms with Gasteiger partial charge in [-0.2, -0.15) is 0 Å². The summed E-state index contributed by atoms with van der Waals surface area (Å²) in [6.07, 6.45) is 1.39. The lowest BCUT2D eigenvalue weighted by atomic mass is 10.00. The molecule has 0 aliphatic rings. The van der Waals surface area contributed by atoms with Gasteiger partial charge in [0.05, 0.1) is 19.8 Å². The number of rotatable bonds is 7. The van der Waals surface area contributed by atoms with Gasteiger partial charge in [-0.25, -0.2) is 9.97 Å². The fourth-order valence-corrected chi connectivity index (χ4v) is 1.76. The summed E-state index contributed by atoms with van der Waals surface area (Å²) < 4.78 is 0. The first-order valence-corrected chi connectivity index (χ1v) is 6.17. The lowest BCUT2D eigenvalue weighted by Gasteiger charge is -2.31. The Morgan fingerprint density at radius 3 is 2.05 bits per heavy atom. The van der Waals surface area contributed by atoms with E-state index in [2.05, 4.69) is 20.6 Å². The van der Waals surface area contributed by atoms with Gasteiger partial charge < -0.3 is 26.0 Å². The van der Waals surface area contributed by atoms with Crippen molar-refractivity contribution >= 4 is 11.6 Å². The largest absolute Gasteiger partial charge is 0.394 e. The standard InChI is InChI=1S/C12H22N4O3/c1-8(2)9-10(13-3)14-7-15-11(9)16-12(4-17,5-18)6-19/h7-8,17-19H,4-6H2,1-3H3,(H2,13,14,15,16). The Morgan fingerprint density at radius 1 is 1.11 bits per heavy atom. The van der Waals surface area contributed by atoms with Crippen LogP contribution in [-0.4, -0.2) is 57.7 Å². The van der Waals surface area contributed by atoms with E-state index in [9.17, 15) is 15.3 Å². The van der Waals surface area contributed by atoms with Crippen molar-refractivity contribution in [2.24, 2.45) is 0 Å². The summed E-state index contributed by atoms with van der Waals surface area (Å²) in [6, 6.07) is 0. The highest BCUT2D eigenvalue weighted by Gasteiger charge is 2.30. The smallest absolute Gasteiger partial charge is 0.135 e. The summed E-state index contributed by atoms with van der Waals surface area (Å²) in [4.78, 5) is 8.28. The minimum Gasteiger partial charge on any atom is -0.394 e. The van der Waals surface area contributed by atoms with Crippen LogP contribution in [0.3, 0.4) is 0 Å². The number of aliphatic hydroxyl groups is 3. The Kier molecular flexibility index (Phi) is 5.46. The predicted octanol–water partition coefficient (Wildman–Crippen LogP) is -0.231. The summed E-state index contributed by atoms with van der Waals surface area (Å²) in [5, 5.41) is 34.0. The SMILES string of the molecule is CNc1ncnc(NC(CO)(CO)CO)c1C(C)C. The Bertz CT molecular complexity index is 400. The van der Waals surface area contributed by atoms with Crippen molar-refractivity contribution < 1.29 is 15.3 Å². The molecule has 0 aliphatic heterocycles. The lowest BCUT2D eigenvalue weighted by molar-refractivity contribution is 0.0830. The van der Waals surface area contributed by atoms with Crippen molar-refractivity contribution in [2.45, 2.75) is 25.3 Å². The summed E-state index contributed by atoms with van der Waals surface area (Å²) >= 11 is 0. The molecule has 0 atom stereocenters. The summed E-state index contributed by atoms with van der Waals surface area (Å²) in [7, 11) is 1.76. The molecule has 0 fully saturated rings. The molecule has 0 saturated heterocycles. The Morgan fingerprint density at radius 2 is 1.63 bits per heavy atom. The minimum absolute atomic E-state index is 0.139. The number of anilines is 2. The van der Waals surface area contributed by atoms with E-state index in [1.807, 2.05) is 13.8 Å². The first kappa shape index (κ1) is 15.6. The van der Waals surface area contributed by atoms with Crippen LogP contribution in [0.25, 0.3) is 0 Å². The highest BCUT2D eigenvalue weighted by molar-refractivity contribution is 5.59. The van der Waals surface area contributed by atoms with Crippen LogP contribution >= 0.6 is 0 Å². The third kappa shape index (κ3) is 3.31. The third-order valence-electron chi connectivity index (χ3n) is 2.99. The second-order valence-electron chi connectivity index (χ2n) is 4.77. The molecule has 5 N–H and O–H groups in total. The molecule has 0 spiro atoms. The van der Waals surface area contributed by atoms with Crippen LogP contribution in [0.2, 0.25) is 0 Å². The van der Waals surface area contributed by atoms with Crippen LogP contribution < -0.4 is 10.6 Å². The first-order valence-electron chi connectivity index (χ1n) is 6.17. The van der Waals surface area contributed by atoms with Crippen LogP contribution in [0.4, 0.5) is 11.6 Å². The fraction of sp³-hybridized carbons (Fsp3) is 0.667. The maximum atomic E-state index is 9.35. The number of nitrogens with one attached hydrogen (secondary N) is 2. The zero-order valence-corrected chi connectivity index (χ0v) is 11.5. The van der Waals surface area contributed by atoms with Crippen molar-refractivity contribution in [3.63, 3.8) is 0 Å². The van der Waals surface area contributed by atoms with Crippen LogP contribution in [-0.2, 0) is 0 Å². The van der Waals surface area contributed by atoms with E-state index in [4.69, 9.17) is 0 Å². The van der Waals surface area contributed by atoms with Crippen molar-refractivity contribution in [2.75, 3.05) is 37.5 Å². The quantitative estimate of drug-likeness (QED) is 0.465. The highest BCUT2D eigenvalue weighted by Crippen LogP contribution is 2.29. The molecule has 1 heterocycles. The predicted molar refractivity (Wildman–Crippen MR) is 73.3 cm³/mol. The molecule has 0 aromatic carbocycles. The van der Waals surface area contributed by atoms with Crippen LogP contribution in [0.1, 0.15) is 25.3 Å². The maximum absolute atomic E-state index is 9.35. The molecular weight excluding hydrogens is 248 g/mol. The van der Waals surface area contributed by atoms with Crippen molar-refractivity contribution in [3.05, 3.63) is 11.9 Å². The number of nitrogens with zero attached hydrogens (tertiary/aromatic N) is 2. The monoisotopic (exact) mass is 270 g/mol. The molecule has 0 aliphatic carbocycles. The molecule has 0 bridgehead atoms. The summed E-state index contributed by atoms with van der Waals surface area (Å²) in [5.41, 5.74) is -0.368. The molecule has 0 saturated carbocycles. The van der Waals surface area contributed by atoms with Crippen molar-refractivity contribution in [1.82, 2.24) is 9.97 Å². The van der Waals surface area contributed by atoms with E-state index in [1.54, 1.807) is 7.05 Å². The molecule has 0 unspecified atom stereocenters. The normalized spacial score (nSPS) is 11.7. The van der Waals surface area contributed by atoms with E-state index in [0.717, 1.165) is 5.56 Å². The molecule has 0 radical (unpaired) electrons. The number of hydrogen-bond donors (Lipinski definition) is 5. The van der Waals surface area contributed by atoms with Gasteiger partial charge in [-0.05, 0) is 5.92 Å². The second kappa shape index (κ2) is 6.65. The summed E-state index contributed by atoms with van der Waals surface area (Å²) in [5.74, 6) is 1.31. The van der Waals surface area contributed by atoms with Gasteiger partial charge >= 0.3 is 0 Å². The molecule has 1 aromatic rings. The summed E-state index contributed by atoms with van der Waals surface area (Å²) in [6.45, 7) is 2.76. The van der Waals surface area contributed by atoms with Crippen LogP contribution in [0.15, 0.2) is 6.33 Å². The molecule has 1 rings (SSSR count). The second-order valence-corrected chi connectivity index (χ2v) is 4.77. The van der Waals surface area contributed by atoms with E-state index in [1.165, 1.54) is 6.33 Å². The minimum atomic E-state index is -1.21. The zero-order valence-electron chi connectivity index (χ0n) is 11.5. The van der Waals surface area contributed by atoms with Gasteiger partial charge in [-0.3, -0.25) is 0 Å². The van der Waals surface area contributed by atoms with Gasteiger partial charge in [0, 0.05) is 12.6 Å². The van der Waals surface area contributed by atoms with Crippen LogP contribution in [0.5, 0.6) is 0 Å². The van der Waals surface area contributed by atoms with Gasteiger partial charge in [0.25, 0.3) is 0 Å². The maximum Gasteiger partial charge on any atom is 0.135 e. The third-order valence-corrected chi connectivity index (χ3v) is 2.99. The van der Waals surface area contributed by atoms with E-state index >= 15 is 0 Å². The van der Waals surface area contributed by atoms with E-state index in [0.29, 0.717) is 11.6 Å². The van der Waals surface area contributed by atoms with Crippen molar-refractivity contribution in [3.8, 4) is 0 Å². The van der Waals surface area contributed by atoms with E-state index < -0.39 is 25.4 Å². The number of hydrogen-bond acceptors (Lipinski definition) is 7. The molecule has 7 nitrogen and oxygen atoms in total. The lowest BCUT2D eigenvalue weighted by Crippen LogP contribution is -2.49. The molecule has 108 valence electrons. The zero-order chi connectivity index (χ0) is 14.5. The Hall–Kier alpha value is -1.44. The average Bonchev–Trinajstić information content (AvgIpc) is 2.44. The van der Waals surface area contributed by atoms with Crippen LogP contribution in [0, 0.1) is 0 Å². The number of aromatic nitrogens is 2. The van der Waals surface area contributed by atoms with Gasteiger partial charge in [0.15, 0.2) is 0 Å². The van der Waals surface area contributed by atoms with Gasteiger partial charge in [-0.1, -0.05) is 13.8 Å².